The number of benzene rings is 3. The molecule has 0 aliphatic heterocycles. The van der Waals surface area contributed by atoms with Crippen molar-refractivity contribution in [1.29, 1.82) is 10.5 Å². The number of aromatic hydroxyl groups is 1. The fraction of sp³-hybridized carbons (Fsp3) is 0.130. The zero-order chi connectivity index (χ0) is 24.4. The first-order valence-electron chi connectivity index (χ1n) is 9.09. The topological polar surface area (TPSA) is 77.0 Å². The fourth-order valence-electron chi connectivity index (χ4n) is 3.38. The number of hydrogen-bond acceptors (Lipinski definition) is 4. The first kappa shape index (κ1) is 23.5. The predicted octanol–water partition coefficient (Wildman–Crippen LogP) is 6.34. The maximum Gasteiger partial charge on any atom is 0.411 e. The molecule has 0 aliphatic carbocycles. The molecule has 0 aliphatic rings. The van der Waals surface area contributed by atoms with Crippen molar-refractivity contribution in [3.8, 4) is 29.4 Å². The van der Waals surface area contributed by atoms with Gasteiger partial charge in [-0.2, -0.15) is 36.9 Å². The molecule has 3 aromatic rings. The first-order chi connectivity index (χ1) is 15.4. The van der Waals surface area contributed by atoms with Crippen LogP contribution >= 0.6 is 0 Å². The van der Waals surface area contributed by atoms with Gasteiger partial charge in [-0.3, -0.25) is 0 Å². The van der Waals surface area contributed by atoms with E-state index in [1.54, 1.807) is 12.1 Å². The van der Waals surface area contributed by atoms with Gasteiger partial charge < -0.3 is 9.84 Å². The summed E-state index contributed by atoms with van der Waals surface area (Å²) in [7, 11) is 0. The summed E-state index contributed by atoms with van der Waals surface area (Å²) in [4.78, 5) is 0. The number of phenols is 1. The highest BCUT2D eigenvalue weighted by molar-refractivity contribution is 5.51. The Morgan fingerprint density at radius 2 is 1.09 bits per heavy atom. The Bertz CT molecular complexity index is 1220. The Balaban J connectivity index is 2.08. The van der Waals surface area contributed by atoms with E-state index in [0.717, 1.165) is 24.3 Å². The zero-order valence-electron chi connectivity index (χ0n) is 16.4. The van der Waals surface area contributed by atoms with E-state index in [1.807, 2.05) is 0 Å². The molecule has 0 saturated heterocycles. The van der Waals surface area contributed by atoms with Gasteiger partial charge >= 0.3 is 12.4 Å². The van der Waals surface area contributed by atoms with Crippen LogP contribution in [0.5, 0.6) is 17.2 Å². The molecule has 4 nitrogen and oxygen atoms in total. The average Bonchev–Trinajstić information content (AvgIpc) is 2.74. The molecule has 168 valence electrons. The van der Waals surface area contributed by atoms with E-state index in [4.69, 9.17) is 15.3 Å². The Labute approximate surface area is 183 Å². The lowest BCUT2D eigenvalue weighted by Gasteiger charge is -2.38. The summed E-state index contributed by atoms with van der Waals surface area (Å²) in [5, 5.41) is 27.3. The summed E-state index contributed by atoms with van der Waals surface area (Å²) < 4.78 is 89.9. The van der Waals surface area contributed by atoms with Crippen molar-refractivity contribution in [2.75, 3.05) is 0 Å². The molecule has 33 heavy (non-hydrogen) atoms. The standard InChI is InChI=1S/C23H12F6N2O2/c24-22(25,26)21(23(27,28)29,16-2-6-18(32)7-3-16)17-4-9-19(10-5-17)33-20-8-1-14(12-30)15(11-20)13-31/h1-11,32H. The lowest BCUT2D eigenvalue weighted by molar-refractivity contribution is -0.288. The average molecular weight is 462 g/mol. The van der Waals surface area contributed by atoms with Crippen LogP contribution in [0.3, 0.4) is 0 Å². The number of rotatable bonds is 4. The van der Waals surface area contributed by atoms with Crippen molar-refractivity contribution < 1.29 is 36.2 Å². The molecule has 1 N–H and O–H groups in total. The number of ether oxygens (including phenoxy) is 1. The smallest absolute Gasteiger partial charge is 0.411 e. The molecule has 3 aromatic carbocycles. The highest BCUT2D eigenvalue weighted by Crippen LogP contribution is 2.56. The SMILES string of the molecule is N#Cc1ccc(Oc2ccc(C(c3ccc(O)cc3)(C(F)(F)F)C(F)(F)F)cc2)cc1C#N. The number of nitriles is 2. The molecule has 10 heteroatoms. The third kappa shape index (κ3) is 4.15. The molecule has 0 spiro atoms. The molecule has 0 amide bonds. The third-order valence-corrected chi connectivity index (χ3v) is 4.91. The van der Waals surface area contributed by atoms with Gasteiger partial charge in [-0.1, -0.05) is 24.3 Å². The highest BCUT2D eigenvalue weighted by atomic mass is 19.4. The molecule has 0 radical (unpaired) electrons. The summed E-state index contributed by atoms with van der Waals surface area (Å²) in [6, 6.07) is 13.2. The molecule has 0 unspecified atom stereocenters. The van der Waals surface area contributed by atoms with Crippen LogP contribution in [0.25, 0.3) is 0 Å². The predicted molar refractivity (Wildman–Crippen MR) is 103 cm³/mol. The highest BCUT2D eigenvalue weighted by Gasteiger charge is 2.72. The summed E-state index contributed by atoms with van der Waals surface area (Å²) in [5.74, 6) is -0.508. The molecular formula is C23H12F6N2O2. The molecule has 0 heterocycles. The van der Waals surface area contributed by atoms with Crippen LogP contribution in [0, 0.1) is 22.7 Å². The summed E-state index contributed by atoms with van der Waals surface area (Å²) in [5.41, 5.74) is -6.49. The van der Waals surface area contributed by atoms with Crippen molar-refractivity contribution in [3.05, 3.63) is 89.0 Å². The van der Waals surface area contributed by atoms with Crippen molar-refractivity contribution in [2.24, 2.45) is 0 Å². The van der Waals surface area contributed by atoms with Crippen molar-refractivity contribution >= 4 is 0 Å². The Kier molecular flexibility index (Phi) is 5.97. The quantitative estimate of drug-likeness (QED) is 0.459. The Morgan fingerprint density at radius 3 is 1.55 bits per heavy atom. The van der Waals surface area contributed by atoms with Gasteiger partial charge in [0.2, 0.25) is 5.41 Å². The number of halogens is 6. The number of hydrogen-bond donors (Lipinski definition) is 1. The van der Waals surface area contributed by atoms with Crippen LogP contribution in [-0.4, -0.2) is 17.5 Å². The number of alkyl halides is 6. The third-order valence-electron chi connectivity index (χ3n) is 4.91. The lowest BCUT2D eigenvalue weighted by Crippen LogP contribution is -2.54. The van der Waals surface area contributed by atoms with E-state index < -0.39 is 34.6 Å². The van der Waals surface area contributed by atoms with Gasteiger partial charge in [-0.15, -0.1) is 0 Å². The van der Waals surface area contributed by atoms with Gasteiger partial charge in [0.15, 0.2) is 0 Å². The van der Waals surface area contributed by atoms with E-state index in [2.05, 4.69) is 0 Å². The van der Waals surface area contributed by atoms with Crippen LogP contribution < -0.4 is 4.74 Å². The van der Waals surface area contributed by atoms with E-state index in [9.17, 15) is 31.4 Å². The van der Waals surface area contributed by atoms with E-state index in [1.165, 1.54) is 18.2 Å². The molecule has 0 saturated carbocycles. The van der Waals surface area contributed by atoms with Crippen LogP contribution in [0.15, 0.2) is 66.7 Å². The monoisotopic (exact) mass is 462 g/mol. The van der Waals surface area contributed by atoms with Crippen LogP contribution in [0.2, 0.25) is 0 Å². The minimum atomic E-state index is -5.76. The second kappa shape index (κ2) is 8.40. The largest absolute Gasteiger partial charge is 0.508 e. The fourth-order valence-corrected chi connectivity index (χ4v) is 3.38. The molecule has 0 atom stereocenters. The molecule has 0 fully saturated rings. The van der Waals surface area contributed by atoms with Gasteiger partial charge in [-0.05, 0) is 53.6 Å². The van der Waals surface area contributed by atoms with Gasteiger partial charge in [0.05, 0.1) is 11.1 Å². The first-order valence-corrected chi connectivity index (χ1v) is 9.09. The molecular weight excluding hydrogens is 450 g/mol. The zero-order valence-corrected chi connectivity index (χ0v) is 16.4. The second-order valence-electron chi connectivity index (χ2n) is 6.85. The second-order valence-corrected chi connectivity index (χ2v) is 6.85. The minimum Gasteiger partial charge on any atom is -0.508 e. The number of phenolic OH excluding ortho intramolecular Hbond substituents is 1. The van der Waals surface area contributed by atoms with Gasteiger partial charge in [0, 0.05) is 0 Å². The van der Waals surface area contributed by atoms with Crippen molar-refractivity contribution in [1.82, 2.24) is 0 Å². The lowest BCUT2D eigenvalue weighted by atomic mass is 9.73. The molecule has 0 aromatic heterocycles. The molecule has 3 rings (SSSR count). The minimum absolute atomic E-state index is 0.00731. The van der Waals surface area contributed by atoms with E-state index in [0.29, 0.717) is 24.3 Å². The normalized spacial score (nSPS) is 12.0. The van der Waals surface area contributed by atoms with E-state index >= 15 is 0 Å². The van der Waals surface area contributed by atoms with Gasteiger partial charge in [-0.25, -0.2) is 0 Å². The summed E-state index contributed by atoms with van der Waals surface area (Å²) in [6.07, 6.45) is -11.5. The van der Waals surface area contributed by atoms with Crippen molar-refractivity contribution in [2.45, 2.75) is 17.8 Å². The van der Waals surface area contributed by atoms with Crippen LogP contribution in [0.4, 0.5) is 26.3 Å². The van der Waals surface area contributed by atoms with Gasteiger partial charge in [0.25, 0.3) is 0 Å². The van der Waals surface area contributed by atoms with E-state index in [-0.39, 0.29) is 22.6 Å². The van der Waals surface area contributed by atoms with Gasteiger partial charge in [0.1, 0.15) is 29.4 Å². The summed E-state index contributed by atoms with van der Waals surface area (Å²) in [6.45, 7) is 0. The van der Waals surface area contributed by atoms with Crippen LogP contribution in [-0.2, 0) is 5.41 Å². The molecule has 0 bridgehead atoms. The maximum absolute atomic E-state index is 14.1. The van der Waals surface area contributed by atoms with Crippen LogP contribution in [0.1, 0.15) is 22.3 Å². The Morgan fingerprint density at radius 1 is 0.636 bits per heavy atom. The number of nitrogens with zero attached hydrogens (tertiary/aromatic N) is 2. The van der Waals surface area contributed by atoms with Crippen molar-refractivity contribution in [3.63, 3.8) is 0 Å². The maximum atomic E-state index is 14.1. The Hall–Kier alpha value is -4.18. The summed E-state index contributed by atoms with van der Waals surface area (Å²) >= 11 is 0.